The molecule has 2 unspecified atom stereocenters. The number of nitrogens with one attached hydrogen (secondary N) is 1. The summed E-state index contributed by atoms with van der Waals surface area (Å²) in [5.41, 5.74) is 0. The van der Waals surface area contributed by atoms with E-state index in [0.717, 1.165) is 38.5 Å². The fourth-order valence-electron chi connectivity index (χ4n) is 2.90. The Hall–Kier alpha value is -0.510. The van der Waals surface area contributed by atoms with E-state index in [0.29, 0.717) is 13.0 Å². The molecular formula is C21H43NO4P+. The van der Waals surface area contributed by atoms with Gasteiger partial charge in [0.15, 0.2) is 0 Å². The Bertz CT molecular complexity index is 366. The van der Waals surface area contributed by atoms with Crippen molar-refractivity contribution in [3.8, 4) is 0 Å². The molecule has 0 fully saturated rings. The standard InChI is InChI=1S/C21H42NO4P/c1-4-7-9-10-11-12-13-14-15-17-21(23)22-20(16-8-5-2)19-26-27(24)25-18-6-3/h20H,4-19H2,1-3H3/p+1. The van der Waals surface area contributed by atoms with Crippen molar-refractivity contribution >= 4 is 14.2 Å². The van der Waals surface area contributed by atoms with Crippen LogP contribution < -0.4 is 5.32 Å². The Labute approximate surface area is 168 Å². The average Bonchev–Trinajstić information content (AvgIpc) is 2.67. The molecule has 0 saturated heterocycles. The molecule has 0 aromatic carbocycles. The SMILES string of the molecule is CCCCCCCCCCCC(=O)NC(CCCC)CO[P+](=O)OCCC. The van der Waals surface area contributed by atoms with Crippen molar-refractivity contribution in [3.63, 3.8) is 0 Å². The fourth-order valence-corrected chi connectivity index (χ4v) is 3.61. The summed E-state index contributed by atoms with van der Waals surface area (Å²) in [7, 11) is -2.08. The first-order valence-corrected chi connectivity index (χ1v) is 12.3. The largest absolute Gasteiger partial charge is 0.697 e. The van der Waals surface area contributed by atoms with Crippen LogP contribution in [0.1, 0.15) is 111 Å². The van der Waals surface area contributed by atoms with Crippen LogP contribution in [0.5, 0.6) is 0 Å². The molecule has 0 spiro atoms. The molecule has 6 heteroatoms. The summed E-state index contributed by atoms with van der Waals surface area (Å²) in [4.78, 5) is 12.2. The highest BCUT2D eigenvalue weighted by Gasteiger charge is 2.23. The van der Waals surface area contributed by atoms with Gasteiger partial charge in [0.1, 0.15) is 13.2 Å². The van der Waals surface area contributed by atoms with Gasteiger partial charge >= 0.3 is 8.25 Å². The lowest BCUT2D eigenvalue weighted by Crippen LogP contribution is -2.37. The zero-order valence-electron chi connectivity index (χ0n) is 18.0. The number of carbonyl (C=O) groups excluding carboxylic acids is 1. The van der Waals surface area contributed by atoms with Gasteiger partial charge in [0.25, 0.3) is 0 Å². The number of unbranched alkanes of at least 4 members (excludes halogenated alkanes) is 9. The predicted molar refractivity (Wildman–Crippen MR) is 113 cm³/mol. The molecule has 5 nitrogen and oxygen atoms in total. The van der Waals surface area contributed by atoms with E-state index < -0.39 is 8.25 Å². The summed E-state index contributed by atoms with van der Waals surface area (Å²) in [5.74, 6) is 0.0763. The Morgan fingerprint density at radius 1 is 0.815 bits per heavy atom. The quantitative estimate of drug-likeness (QED) is 0.181. The zero-order valence-corrected chi connectivity index (χ0v) is 18.9. The van der Waals surface area contributed by atoms with Crippen molar-refractivity contribution in [3.05, 3.63) is 0 Å². The van der Waals surface area contributed by atoms with Gasteiger partial charge in [0, 0.05) is 11.0 Å². The molecule has 0 bridgehead atoms. The van der Waals surface area contributed by atoms with Gasteiger partial charge in [-0.05, 0) is 19.3 Å². The molecule has 0 saturated carbocycles. The van der Waals surface area contributed by atoms with Gasteiger partial charge in [-0.1, -0.05) is 85.0 Å². The molecule has 2 atom stereocenters. The number of rotatable bonds is 20. The molecule has 0 rings (SSSR count). The Kier molecular flexibility index (Phi) is 19.8. The number of hydrogen-bond acceptors (Lipinski definition) is 4. The van der Waals surface area contributed by atoms with Crippen molar-refractivity contribution in [2.45, 2.75) is 117 Å². The lowest BCUT2D eigenvalue weighted by Gasteiger charge is -2.15. The molecule has 1 N–H and O–H groups in total. The van der Waals surface area contributed by atoms with Crippen molar-refractivity contribution in [1.29, 1.82) is 0 Å². The molecule has 0 aliphatic rings. The minimum atomic E-state index is -2.08. The molecule has 0 aromatic heterocycles. The van der Waals surface area contributed by atoms with Gasteiger partial charge in [-0.2, -0.15) is 0 Å². The Morgan fingerprint density at radius 3 is 2.00 bits per heavy atom. The zero-order chi connectivity index (χ0) is 20.2. The van der Waals surface area contributed by atoms with Crippen molar-refractivity contribution < 1.29 is 18.4 Å². The molecule has 0 aliphatic heterocycles. The van der Waals surface area contributed by atoms with Gasteiger partial charge in [-0.3, -0.25) is 4.79 Å². The summed E-state index contributed by atoms with van der Waals surface area (Å²) in [6.07, 6.45) is 15.5. The van der Waals surface area contributed by atoms with Crippen LogP contribution in [0.4, 0.5) is 0 Å². The second kappa shape index (κ2) is 20.2. The van der Waals surface area contributed by atoms with E-state index >= 15 is 0 Å². The predicted octanol–water partition coefficient (Wildman–Crippen LogP) is 6.68. The van der Waals surface area contributed by atoms with E-state index in [1.165, 1.54) is 44.9 Å². The summed E-state index contributed by atoms with van der Waals surface area (Å²) in [6.45, 7) is 7.00. The Morgan fingerprint density at radius 2 is 1.41 bits per heavy atom. The van der Waals surface area contributed by atoms with Gasteiger partial charge in [0.2, 0.25) is 5.91 Å². The second-order valence-electron chi connectivity index (χ2n) is 7.34. The van der Waals surface area contributed by atoms with Crippen LogP contribution in [-0.4, -0.2) is 25.2 Å². The van der Waals surface area contributed by atoms with Crippen LogP contribution in [0, 0.1) is 0 Å². The van der Waals surface area contributed by atoms with Crippen LogP contribution in [0.2, 0.25) is 0 Å². The first-order valence-electron chi connectivity index (χ1n) is 11.2. The highest BCUT2D eigenvalue weighted by molar-refractivity contribution is 7.33. The topological polar surface area (TPSA) is 64.6 Å². The third-order valence-electron chi connectivity index (χ3n) is 4.56. The van der Waals surface area contributed by atoms with E-state index in [4.69, 9.17) is 9.05 Å². The van der Waals surface area contributed by atoms with Gasteiger partial charge in [0.05, 0.1) is 6.04 Å². The molecular weight excluding hydrogens is 361 g/mol. The summed E-state index contributed by atoms with van der Waals surface area (Å²) >= 11 is 0. The average molecular weight is 405 g/mol. The normalized spacial score (nSPS) is 12.8. The van der Waals surface area contributed by atoms with Crippen molar-refractivity contribution in [2.75, 3.05) is 13.2 Å². The highest BCUT2D eigenvalue weighted by atomic mass is 31.1. The van der Waals surface area contributed by atoms with E-state index in [9.17, 15) is 9.36 Å². The molecule has 27 heavy (non-hydrogen) atoms. The lowest BCUT2D eigenvalue weighted by atomic mass is 10.1. The number of hydrogen-bond donors (Lipinski definition) is 1. The first kappa shape index (κ1) is 26.5. The van der Waals surface area contributed by atoms with E-state index in [2.05, 4.69) is 19.2 Å². The van der Waals surface area contributed by atoms with Crippen molar-refractivity contribution in [1.82, 2.24) is 5.32 Å². The third kappa shape index (κ3) is 18.6. The molecule has 0 aromatic rings. The van der Waals surface area contributed by atoms with Gasteiger partial charge in [-0.15, -0.1) is 9.05 Å². The molecule has 160 valence electrons. The third-order valence-corrected chi connectivity index (χ3v) is 5.31. The monoisotopic (exact) mass is 404 g/mol. The Balaban J connectivity index is 3.85. The maximum atomic E-state index is 12.2. The molecule has 0 aliphatic carbocycles. The smallest absolute Gasteiger partial charge is 0.351 e. The number of amides is 1. The lowest BCUT2D eigenvalue weighted by molar-refractivity contribution is -0.122. The fraction of sp³-hybridized carbons (Fsp3) is 0.952. The van der Waals surface area contributed by atoms with Crippen LogP contribution in [0.15, 0.2) is 0 Å². The summed E-state index contributed by atoms with van der Waals surface area (Å²) in [5, 5.41) is 3.04. The van der Waals surface area contributed by atoms with Crippen LogP contribution in [-0.2, 0) is 18.4 Å². The van der Waals surface area contributed by atoms with Crippen LogP contribution >= 0.6 is 8.25 Å². The minimum Gasteiger partial charge on any atom is -0.351 e. The first-order chi connectivity index (χ1) is 13.1. The summed E-state index contributed by atoms with van der Waals surface area (Å²) < 4.78 is 21.9. The highest BCUT2D eigenvalue weighted by Crippen LogP contribution is 2.24. The second-order valence-corrected chi connectivity index (χ2v) is 8.30. The van der Waals surface area contributed by atoms with Crippen molar-refractivity contribution in [2.24, 2.45) is 0 Å². The molecule has 0 heterocycles. The maximum absolute atomic E-state index is 12.2. The van der Waals surface area contributed by atoms with E-state index in [-0.39, 0.29) is 18.6 Å². The number of carbonyl (C=O) groups is 1. The maximum Gasteiger partial charge on any atom is 0.697 e. The minimum absolute atomic E-state index is 0.0763. The van der Waals surface area contributed by atoms with Crippen LogP contribution in [0.3, 0.4) is 0 Å². The van der Waals surface area contributed by atoms with Gasteiger partial charge < -0.3 is 5.32 Å². The molecule has 0 radical (unpaired) electrons. The van der Waals surface area contributed by atoms with E-state index in [1.54, 1.807) is 0 Å². The molecule has 1 amide bonds. The van der Waals surface area contributed by atoms with E-state index in [1.807, 2.05) is 6.92 Å². The van der Waals surface area contributed by atoms with Crippen LogP contribution in [0.25, 0.3) is 0 Å². The summed E-state index contributed by atoms with van der Waals surface area (Å²) in [6, 6.07) is -0.0832. The van der Waals surface area contributed by atoms with Gasteiger partial charge in [-0.25, -0.2) is 0 Å².